The Labute approximate surface area is 94.8 Å². The lowest BCUT2D eigenvalue weighted by Gasteiger charge is -2.14. The molecule has 0 fully saturated rings. The molecule has 10 heteroatoms. The van der Waals surface area contributed by atoms with Crippen LogP contribution in [0, 0.1) is 5.82 Å². The van der Waals surface area contributed by atoms with Crippen molar-refractivity contribution in [1.82, 2.24) is 4.98 Å². The van der Waals surface area contributed by atoms with E-state index in [2.05, 4.69) is 9.72 Å². The summed E-state index contributed by atoms with van der Waals surface area (Å²) in [5, 5.41) is 8.59. The lowest BCUT2D eigenvalue weighted by Crippen LogP contribution is -2.21. The Kier molecular flexibility index (Phi) is 3.70. The smallest absolute Gasteiger partial charge is 0.391 e. The predicted molar refractivity (Wildman–Crippen MR) is 41.8 cm³/mol. The van der Waals surface area contributed by atoms with E-state index in [4.69, 9.17) is 5.11 Å². The topological polar surface area (TPSA) is 42.4 Å². The van der Waals surface area contributed by atoms with Gasteiger partial charge in [-0.25, -0.2) is 9.37 Å². The second-order valence-electron chi connectivity index (χ2n) is 2.97. The minimum absolute atomic E-state index is 0.143. The van der Waals surface area contributed by atoms with Crippen LogP contribution in [0.25, 0.3) is 0 Å². The van der Waals surface area contributed by atoms with Gasteiger partial charge in [0.05, 0.1) is 12.2 Å². The van der Waals surface area contributed by atoms with Crippen LogP contribution in [0.2, 0.25) is 0 Å². The van der Waals surface area contributed by atoms with Crippen LogP contribution in [0.4, 0.5) is 30.7 Å². The standard InChI is InChI=1S/C8H4F7NO2/c9-5-3(2-17)6(18-8(13,14)15)16-1-4(5)7(10,11)12/h1,17H,2H2. The van der Waals surface area contributed by atoms with E-state index < -0.39 is 42.0 Å². The Balaban J connectivity index is 3.30. The highest BCUT2D eigenvalue weighted by atomic mass is 19.4. The van der Waals surface area contributed by atoms with Crippen LogP contribution in [-0.4, -0.2) is 16.5 Å². The number of halogens is 7. The van der Waals surface area contributed by atoms with Gasteiger partial charge in [0.25, 0.3) is 0 Å². The lowest BCUT2D eigenvalue weighted by molar-refractivity contribution is -0.276. The first kappa shape index (κ1) is 14.5. The minimum Gasteiger partial charge on any atom is -0.391 e. The van der Waals surface area contributed by atoms with E-state index in [1.165, 1.54) is 0 Å². The molecule has 0 spiro atoms. The fourth-order valence-electron chi connectivity index (χ4n) is 1.05. The van der Waals surface area contributed by atoms with Gasteiger partial charge in [-0.15, -0.1) is 13.2 Å². The zero-order chi connectivity index (χ0) is 14.1. The van der Waals surface area contributed by atoms with Gasteiger partial charge in [0.2, 0.25) is 5.88 Å². The molecule has 18 heavy (non-hydrogen) atoms. The summed E-state index contributed by atoms with van der Waals surface area (Å²) < 4.78 is 88.6. The zero-order valence-corrected chi connectivity index (χ0v) is 8.23. The highest BCUT2D eigenvalue weighted by Crippen LogP contribution is 2.35. The van der Waals surface area contributed by atoms with Crippen LogP contribution in [0.15, 0.2) is 6.20 Å². The van der Waals surface area contributed by atoms with Crippen molar-refractivity contribution in [2.45, 2.75) is 19.1 Å². The number of ether oxygens (including phenoxy) is 1. The normalized spacial score (nSPS) is 12.7. The molecule has 1 rings (SSSR count). The number of alkyl halides is 6. The second-order valence-corrected chi connectivity index (χ2v) is 2.97. The molecule has 0 aromatic carbocycles. The van der Waals surface area contributed by atoms with E-state index in [1.807, 2.05) is 0 Å². The summed E-state index contributed by atoms with van der Waals surface area (Å²) in [7, 11) is 0. The monoisotopic (exact) mass is 279 g/mol. The predicted octanol–water partition coefficient (Wildman–Crippen LogP) is 2.63. The van der Waals surface area contributed by atoms with E-state index >= 15 is 0 Å². The Bertz CT molecular complexity index is 440. The largest absolute Gasteiger partial charge is 0.574 e. The number of hydrogen-bond donors (Lipinski definition) is 1. The van der Waals surface area contributed by atoms with E-state index in [1.54, 1.807) is 0 Å². The van der Waals surface area contributed by atoms with Crippen molar-refractivity contribution < 1.29 is 40.6 Å². The molecule has 0 aliphatic carbocycles. The number of rotatable bonds is 2. The van der Waals surface area contributed by atoms with Crippen molar-refractivity contribution in [1.29, 1.82) is 0 Å². The van der Waals surface area contributed by atoms with Gasteiger partial charge in [-0.3, -0.25) is 0 Å². The van der Waals surface area contributed by atoms with E-state index in [-0.39, 0.29) is 6.20 Å². The number of hydrogen-bond acceptors (Lipinski definition) is 3. The van der Waals surface area contributed by atoms with Gasteiger partial charge in [-0.05, 0) is 0 Å². The molecule has 0 saturated carbocycles. The molecule has 1 N–H and O–H groups in total. The van der Waals surface area contributed by atoms with Gasteiger partial charge in [-0.2, -0.15) is 13.2 Å². The maximum atomic E-state index is 13.2. The number of nitrogens with zero attached hydrogens (tertiary/aromatic N) is 1. The summed E-state index contributed by atoms with van der Waals surface area (Å²) in [5.41, 5.74) is -3.21. The average Bonchev–Trinajstić information content (AvgIpc) is 2.13. The van der Waals surface area contributed by atoms with Gasteiger partial charge in [0.15, 0.2) is 0 Å². The first-order chi connectivity index (χ1) is 8.06. The second kappa shape index (κ2) is 4.59. The first-order valence-corrected chi connectivity index (χ1v) is 4.17. The SMILES string of the molecule is OCc1c(OC(F)(F)F)ncc(C(F)(F)F)c1F. The van der Waals surface area contributed by atoms with Crippen molar-refractivity contribution in [3.8, 4) is 5.88 Å². The summed E-state index contributed by atoms with van der Waals surface area (Å²) in [6, 6.07) is 0. The highest BCUT2D eigenvalue weighted by molar-refractivity contribution is 5.33. The summed E-state index contributed by atoms with van der Waals surface area (Å²) in [5.74, 6) is -3.52. The maximum absolute atomic E-state index is 13.2. The maximum Gasteiger partial charge on any atom is 0.574 e. The average molecular weight is 279 g/mol. The number of pyridine rings is 1. The van der Waals surface area contributed by atoms with Crippen LogP contribution in [0.3, 0.4) is 0 Å². The summed E-state index contributed by atoms with van der Waals surface area (Å²) in [4.78, 5) is 2.70. The molecule has 1 aromatic heterocycles. The molecule has 0 bridgehead atoms. The van der Waals surface area contributed by atoms with Crippen molar-refractivity contribution in [2.75, 3.05) is 0 Å². The molecular weight excluding hydrogens is 275 g/mol. The van der Waals surface area contributed by atoms with E-state index in [9.17, 15) is 30.7 Å². The van der Waals surface area contributed by atoms with Crippen molar-refractivity contribution in [3.05, 3.63) is 23.1 Å². The van der Waals surface area contributed by atoms with Crippen LogP contribution in [0.1, 0.15) is 11.1 Å². The first-order valence-electron chi connectivity index (χ1n) is 4.17. The van der Waals surface area contributed by atoms with Gasteiger partial charge >= 0.3 is 12.5 Å². The van der Waals surface area contributed by atoms with Gasteiger partial charge in [0, 0.05) is 6.20 Å². The molecule has 0 radical (unpaired) electrons. The molecule has 0 aliphatic rings. The van der Waals surface area contributed by atoms with Gasteiger partial charge < -0.3 is 9.84 Å². The lowest BCUT2D eigenvalue weighted by atomic mass is 10.2. The molecular formula is C8H4F7NO2. The summed E-state index contributed by atoms with van der Waals surface area (Å²) in [6.07, 6.45) is -10.5. The molecule has 0 atom stereocenters. The third-order valence-electron chi connectivity index (χ3n) is 1.75. The molecule has 0 amide bonds. The number of aliphatic hydroxyl groups is 1. The Morgan fingerprint density at radius 2 is 1.72 bits per heavy atom. The Hall–Kier alpha value is -1.58. The molecule has 102 valence electrons. The Morgan fingerprint density at radius 1 is 1.17 bits per heavy atom. The van der Waals surface area contributed by atoms with Crippen molar-refractivity contribution in [3.63, 3.8) is 0 Å². The van der Waals surface area contributed by atoms with Crippen LogP contribution >= 0.6 is 0 Å². The molecule has 0 saturated heterocycles. The highest BCUT2D eigenvalue weighted by Gasteiger charge is 2.39. The molecule has 0 unspecified atom stereocenters. The number of aliphatic hydroxyl groups excluding tert-OH is 1. The van der Waals surface area contributed by atoms with Crippen molar-refractivity contribution >= 4 is 0 Å². The summed E-state index contributed by atoms with van der Waals surface area (Å²) in [6.45, 7) is -1.42. The fourth-order valence-corrected chi connectivity index (χ4v) is 1.05. The van der Waals surface area contributed by atoms with Crippen molar-refractivity contribution in [2.24, 2.45) is 0 Å². The minimum atomic E-state index is -5.26. The van der Waals surface area contributed by atoms with Gasteiger partial charge in [0.1, 0.15) is 11.4 Å². The Morgan fingerprint density at radius 3 is 2.11 bits per heavy atom. The third kappa shape index (κ3) is 3.22. The molecule has 0 aliphatic heterocycles. The van der Waals surface area contributed by atoms with Crippen LogP contribution in [0.5, 0.6) is 5.88 Å². The quantitative estimate of drug-likeness (QED) is 0.846. The zero-order valence-electron chi connectivity index (χ0n) is 8.23. The van der Waals surface area contributed by atoms with E-state index in [0.717, 1.165) is 0 Å². The van der Waals surface area contributed by atoms with E-state index in [0.29, 0.717) is 0 Å². The van der Waals surface area contributed by atoms with Crippen LogP contribution in [-0.2, 0) is 12.8 Å². The fraction of sp³-hybridized carbons (Fsp3) is 0.375. The van der Waals surface area contributed by atoms with Crippen LogP contribution < -0.4 is 4.74 Å². The number of aromatic nitrogens is 1. The van der Waals surface area contributed by atoms with Gasteiger partial charge in [-0.1, -0.05) is 0 Å². The molecule has 3 nitrogen and oxygen atoms in total. The molecule has 1 heterocycles. The summed E-state index contributed by atoms with van der Waals surface area (Å²) >= 11 is 0. The molecule has 1 aromatic rings. The third-order valence-corrected chi connectivity index (χ3v) is 1.75.